The number of fused-ring (bicyclic) bond motifs is 1. The van der Waals surface area contributed by atoms with Crippen molar-refractivity contribution in [3.8, 4) is 0 Å². The average molecular weight is 407 g/mol. The van der Waals surface area contributed by atoms with Gasteiger partial charge in [0, 0.05) is 30.9 Å². The Balaban J connectivity index is 1.71. The zero-order valence-electron chi connectivity index (χ0n) is 15.2. The van der Waals surface area contributed by atoms with Gasteiger partial charge in [-0.1, -0.05) is 0 Å². The van der Waals surface area contributed by atoms with Crippen molar-refractivity contribution in [3.05, 3.63) is 50.5 Å². The smallest absolute Gasteiger partial charge is 0.337 e. The Hall–Kier alpha value is -2.43. The molecule has 9 nitrogen and oxygen atoms in total. The van der Waals surface area contributed by atoms with Gasteiger partial charge in [0.1, 0.15) is 6.61 Å². The lowest BCUT2D eigenvalue weighted by molar-refractivity contribution is -0.384. The second kappa shape index (κ2) is 8.29. The number of aliphatic hydroxyl groups excluding tert-OH is 1. The van der Waals surface area contributed by atoms with Gasteiger partial charge in [0.15, 0.2) is 0 Å². The van der Waals surface area contributed by atoms with Gasteiger partial charge in [-0.25, -0.2) is 4.79 Å². The first kappa shape index (κ1) is 20.3. The lowest BCUT2D eigenvalue weighted by Gasteiger charge is -2.45. The van der Waals surface area contributed by atoms with E-state index in [0.29, 0.717) is 34.9 Å². The van der Waals surface area contributed by atoms with Crippen LogP contribution in [-0.4, -0.2) is 51.2 Å². The number of aliphatic hydroxyl groups is 1. The number of nitrogens with two attached hydrogens (primary N) is 1. The van der Waals surface area contributed by atoms with Crippen molar-refractivity contribution in [1.29, 1.82) is 0 Å². The van der Waals surface area contributed by atoms with Gasteiger partial charge in [-0.3, -0.25) is 14.9 Å². The molecule has 150 valence electrons. The molecule has 3 atom stereocenters. The number of hydrogen-bond acceptors (Lipinski definition) is 8. The molecule has 2 heterocycles. The van der Waals surface area contributed by atoms with E-state index < -0.39 is 22.9 Å². The highest BCUT2D eigenvalue weighted by Crippen LogP contribution is 2.47. The number of hydrogen-bond donors (Lipinski definition) is 2. The number of nitrogens with zero attached hydrogens (tertiary/aromatic N) is 2. The number of ether oxygens (including phenoxy) is 1. The normalized spacial score (nSPS) is 22.0. The molecule has 0 radical (unpaired) electrons. The lowest BCUT2D eigenvalue weighted by Crippen LogP contribution is -2.60. The third-order valence-electron chi connectivity index (χ3n) is 4.80. The predicted octanol–water partition coefficient (Wildman–Crippen LogP) is 1.15. The fraction of sp³-hybridized carbons (Fsp3) is 0.444. The molecular weight excluding hydrogens is 386 g/mol. The first-order valence-electron chi connectivity index (χ1n) is 8.82. The molecule has 0 spiro atoms. The summed E-state index contributed by atoms with van der Waals surface area (Å²) in [6, 6.07) is 5.50. The number of rotatable bonds is 8. The Morgan fingerprint density at radius 3 is 2.71 bits per heavy atom. The lowest BCUT2D eigenvalue weighted by atomic mass is 9.83. The summed E-state index contributed by atoms with van der Waals surface area (Å²) < 4.78 is 5.37. The molecule has 1 aromatic rings. The quantitative estimate of drug-likeness (QED) is 0.283. The number of non-ortho nitro benzene ring substituents is 1. The van der Waals surface area contributed by atoms with Gasteiger partial charge in [-0.05, 0) is 24.6 Å². The summed E-state index contributed by atoms with van der Waals surface area (Å²) in [6.07, 6.45) is -0.460. The van der Waals surface area contributed by atoms with Gasteiger partial charge in [0.25, 0.3) is 5.69 Å². The van der Waals surface area contributed by atoms with Crippen LogP contribution in [0.5, 0.6) is 0 Å². The van der Waals surface area contributed by atoms with Crippen molar-refractivity contribution in [2.45, 2.75) is 32.1 Å². The number of nitro groups is 1. The van der Waals surface area contributed by atoms with Crippen LogP contribution in [0.15, 0.2) is 34.9 Å². The molecule has 3 N–H and O–H groups in total. The summed E-state index contributed by atoms with van der Waals surface area (Å²) in [5, 5.41) is 21.1. The monoisotopic (exact) mass is 407 g/mol. The van der Waals surface area contributed by atoms with Crippen molar-refractivity contribution >= 4 is 29.3 Å². The summed E-state index contributed by atoms with van der Waals surface area (Å²) in [5.41, 5.74) is 6.54. The van der Waals surface area contributed by atoms with Crippen molar-refractivity contribution in [2.75, 3.05) is 12.3 Å². The molecule has 2 aliphatic rings. The van der Waals surface area contributed by atoms with Gasteiger partial charge in [0.05, 0.1) is 33.6 Å². The molecule has 1 saturated heterocycles. The maximum Gasteiger partial charge on any atom is 0.337 e. The first-order valence-corrected chi connectivity index (χ1v) is 9.81. The van der Waals surface area contributed by atoms with E-state index in [0.717, 1.165) is 0 Å². The molecule has 1 fully saturated rings. The second-order valence-corrected chi connectivity index (χ2v) is 7.75. The largest absolute Gasteiger partial charge is 0.457 e. The zero-order chi connectivity index (χ0) is 20.4. The Morgan fingerprint density at radius 2 is 2.14 bits per heavy atom. The summed E-state index contributed by atoms with van der Waals surface area (Å²) in [6.45, 7) is 1.93. The van der Waals surface area contributed by atoms with E-state index in [1.165, 1.54) is 36.0 Å². The second-order valence-electron chi connectivity index (χ2n) is 6.67. The number of carbonyl (C=O) groups excluding carboxylic acids is 2. The number of β-lactam (4-membered cyclic amide) rings is 1. The standard InChI is InChI=1S/C18H21N3O6S/c1-10(22)15-14-8-13(17(28-7-6-19)20(14)16(15)23)18(24)27-9-11-2-4-12(5-3-11)21(25)26/h2-5,10,14-15,22H,6-9,19H2,1H3/t10-,14?,15?/m1/s1. The zero-order valence-corrected chi connectivity index (χ0v) is 16.1. The highest BCUT2D eigenvalue weighted by molar-refractivity contribution is 8.03. The van der Waals surface area contributed by atoms with E-state index in [-0.39, 0.29) is 24.2 Å². The average Bonchev–Trinajstić information content (AvgIpc) is 2.98. The number of esters is 1. The maximum atomic E-state index is 12.6. The van der Waals surface area contributed by atoms with Gasteiger partial charge < -0.3 is 20.5 Å². The van der Waals surface area contributed by atoms with Crippen LogP contribution in [0.3, 0.4) is 0 Å². The Labute approximate surface area is 165 Å². The van der Waals surface area contributed by atoms with Crippen LogP contribution in [0, 0.1) is 16.0 Å². The van der Waals surface area contributed by atoms with Crippen LogP contribution in [0.1, 0.15) is 18.9 Å². The van der Waals surface area contributed by atoms with E-state index in [1.54, 1.807) is 11.8 Å². The predicted molar refractivity (Wildman–Crippen MR) is 102 cm³/mol. The van der Waals surface area contributed by atoms with Gasteiger partial charge in [0.2, 0.25) is 5.91 Å². The van der Waals surface area contributed by atoms with Crippen molar-refractivity contribution in [1.82, 2.24) is 4.90 Å². The third-order valence-corrected chi connectivity index (χ3v) is 5.96. The number of thioether (sulfide) groups is 1. The summed E-state index contributed by atoms with van der Waals surface area (Å²) in [7, 11) is 0. The van der Waals surface area contributed by atoms with E-state index in [4.69, 9.17) is 10.5 Å². The van der Waals surface area contributed by atoms with Crippen LogP contribution in [0.4, 0.5) is 5.69 Å². The molecule has 1 aromatic carbocycles. The van der Waals surface area contributed by atoms with Crippen LogP contribution in [0.2, 0.25) is 0 Å². The number of benzene rings is 1. The highest BCUT2D eigenvalue weighted by atomic mass is 32.2. The minimum Gasteiger partial charge on any atom is -0.457 e. The molecule has 10 heteroatoms. The Kier molecular flexibility index (Phi) is 6.01. The van der Waals surface area contributed by atoms with Crippen molar-refractivity contribution in [2.24, 2.45) is 11.7 Å². The molecule has 0 saturated carbocycles. The topological polar surface area (TPSA) is 136 Å². The van der Waals surface area contributed by atoms with E-state index >= 15 is 0 Å². The highest BCUT2D eigenvalue weighted by Gasteiger charge is 2.56. The van der Waals surface area contributed by atoms with Crippen LogP contribution < -0.4 is 5.73 Å². The Bertz CT molecular complexity index is 823. The van der Waals surface area contributed by atoms with Crippen LogP contribution in [0.25, 0.3) is 0 Å². The third kappa shape index (κ3) is 3.75. The van der Waals surface area contributed by atoms with Gasteiger partial charge >= 0.3 is 5.97 Å². The van der Waals surface area contributed by atoms with Gasteiger partial charge in [-0.2, -0.15) is 0 Å². The molecule has 3 rings (SSSR count). The fourth-order valence-corrected chi connectivity index (χ4v) is 4.46. The molecular formula is C18H21N3O6S. The molecule has 1 amide bonds. The van der Waals surface area contributed by atoms with E-state index in [1.807, 2.05) is 0 Å². The summed E-state index contributed by atoms with van der Waals surface area (Å²) >= 11 is 1.33. The fourth-order valence-electron chi connectivity index (χ4n) is 3.44. The minimum atomic E-state index is -0.787. The van der Waals surface area contributed by atoms with Gasteiger partial charge in [-0.15, -0.1) is 11.8 Å². The SMILES string of the molecule is C[C@@H](O)C1C(=O)N2C(SCCN)=C(C(=O)OCc3ccc([N+](=O)[O-])cc3)CC12. The van der Waals surface area contributed by atoms with E-state index in [9.17, 15) is 24.8 Å². The first-order chi connectivity index (χ1) is 13.3. The van der Waals surface area contributed by atoms with Crippen LogP contribution in [-0.2, 0) is 20.9 Å². The number of nitro benzene ring substituents is 1. The molecule has 0 bridgehead atoms. The van der Waals surface area contributed by atoms with E-state index in [2.05, 4.69) is 0 Å². The molecule has 28 heavy (non-hydrogen) atoms. The number of amides is 1. The summed E-state index contributed by atoms with van der Waals surface area (Å²) in [5.74, 6) is -0.708. The molecule has 2 unspecified atom stereocenters. The van der Waals surface area contributed by atoms with Crippen molar-refractivity contribution < 1.29 is 24.4 Å². The van der Waals surface area contributed by atoms with Crippen molar-refractivity contribution in [3.63, 3.8) is 0 Å². The minimum absolute atomic E-state index is 0.0341. The summed E-state index contributed by atoms with van der Waals surface area (Å²) in [4.78, 5) is 36.8. The maximum absolute atomic E-state index is 12.6. The Morgan fingerprint density at radius 1 is 1.46 bits per heavy atom. The van der Waals surface area contributed by atoms with Crippen LogP contribution >= 0.6 is 11.8 Å². The number of carbonyl (C=O) groups is 2. The molecule has 2 aliphatic heterocycles. The molecule has 0 aliphatic carbocycles. The molecule has 0 aromatic heterocycles.